The number of aromatic nitrogens is 1. The molecule has 0 unspecified atom stereocenters. The maximum Gasteiger partial charge on any atom is 0.123 e. The summed E-state index contributed by atoms with van der Waals surface area (Å²) < 4.78 is 15.3. The summed E-state index contributed by atoms with van der Waals surface area (Å²) in [5.74, 6) is -0.168. The Balaban J connectivity index is 2.08. The van der Waals surface area contributed by atoms with Crippen LogP contribution >= 0.6 is 0 Å². The van der Waals surface area contributed by atoms with Gasteiger partial charge in [0.25, 0.3) is 0 Å². The van der Waals surface area contributed by atoms with E-state index in [9.17, 15) is 4.39 Å². The van der Waals surface area contributed by atoms with E-state index >= 15 is 0 Å². The summed E-state index contributed by atoms with van der Waals surface area (Å²) in [4.78, 5) is 0. The quantitative estimate of drug-likeness (QED) is 0.787. The first-order chi connectivity index (χ1) is 9.20. The third-order valence-corrected chi connectivity index (χ3v) is 3.30. The molecule has 0 radical (unpaired) electrons. The highest BCUT2D eigenvalue weighted by molar-refractivity contribution is 5.27. The number of aryl methyl sites for hydroxylation is 1. The molecule has 0 aliphatic heterocycles. The summed E-state index contributed by atoms with van der Waals surface area (Å²) in [5.41, 5.74) is 3.42. The highest BCUT2D eigenvalue weighted by Crippen LogP contribution is 2.13. The van der Waals surface area contributed by atoms with Gasteiger partial charge >= 0.3 is 0 Å². The molecule has 0 spiro atoms. The fraction of sp³-hybridized carbons (Fsp3) is 0.375. The van der Waals surface area contributed by atoms with Gasteiger partial charge in [0.2, 0.25) is 0 Å². The molecule has 0 saturated carbocycles. The van der Waals surface area contributed by atoms with Crippen molar-refractivity contribution in [3.8, 4) is 0 Å². The molecule has 2 nitrogen and oxygen atoms in total. The van der Waals surface area contributed by atoms with Gasteiger partial charge in [-0.3, -0.25) is 0 Å². The van der Waals surface area contributed by atoms with Gasteiger partial charge in [-0.1, -0.05) is 13.0 Å². The van der Waals surface area contributed by atoms with Crippen LogP contribution < -0.4 is 5.32 Å². The maximum atomic E-state index is 13.1. The average molecular weight is 260 g/mol. The third-order valence-electron chi connectivity index (χ3n) is 3.30. The van der Waals surface area contributed by atoms with E-state index in [0.717, 1.165) is 37.2 Å². The Morgan fingerprint density at radius 3 is 2.84 bits per heavy atom. The van der Waals surface area contributed by atoms with Crippen LogP contribution in [0.3, 0.4) is 0 Å². The summed E-state index contributed by atoms with van der Waals surface area (Å²) in [6.45, 7) is 6.81. The SMILES string of the molecule is CCCNCc1cccn1Cc1ccc(F)cc1C. The van der Waals surface area contributed by atoms with Crippen LogP contribution in [-0.2, 0) is 13.1 Å². The Morgan fingerprint density at radius 1 is 1.26 bits per heavy atom. The van der Waals surface area contributed by atoms with Crippen molar-refractivity contribution in [3.05, 3.63) is 59.2 Å². The molecule has 0 amide bonds. The van der Waals surface area contributed by atoms with Gasteiger partial charge in [0.1, 0.15) is 5.82 Å². The van der Waals surface area contributed by atoms with E-state index in [-0.39, 0.29) is 5.82 Å². The summed E-state index contributed by atoms with van der Waals surface area (Å²) in [5, 5.41) is 3.41. The second-order valence-electron chi connectivity index (χ2n) is 4.88. The smallest absolute Gasteiger partial charge is 0.123 e. The lowest BCUT2D eigenvalue weighted by atomic mass is 10.1. The van der Waals surface area contributed by atoms with Crippen molar-refractivity contribution in [2.75, 3.05) is 6.54 Å². The molecule has 1 N–H and O–H groups in total. The molecular formula is C16H21FN2. The van der Waals surface area contributed by atoms with Gasteiger partial charge in [0, 0.05) is 25.0 Å². The van der Waals surface area contributed by atoms with E-state index in [2.05, 4.69) is 35.1 Å². The first-order valence-corrected chi connectivity index (χ1v) is 6.80. The van der Waals surface area contributed by atoms with Crippen molar-refractivity contribution in [2.24, 2.45) is 0 Å². The fourth-order valence-electron chi connectivity index (χ4n) is 2.18. The number of hydrogen-bond acceptors (Lipinski definition) is 1. The Morgan fingerprint density at radius 2 is 2.11 bits per heavy atom. The summed E-state index contributed by atoms with van der Waals surface area (Å²) in [6.07, 6.45) is 3.21. The number of rotatable bonds is 6. The van der Waals surface area contributed by atoms with Gasteiger partial charge in [0.05, 0.1) is 0 Å². The van der Waals surface area contributed by atoms with Crippen LogP contribution in [-0.4, -0.2) is 11.1 Å². The van der Waals surface area contributed by atoms with Gasteiger partial charge in [-0.15, -0.1) is 0 Å². The molecule has 0 atom stereocenters. The van der Waals surface area contributed by atoms with Gasteiger partial charge in [-0.05, 0) is 55.3 Å². The minimum absolute atomic E-state index is 0.168. The topological polar surface area (TPSA) is 17.0 Å². The Kier molecular flexibility index (Phi) is 4.74. The molecule has 0 fully saturated rings. The molecule has 3 heteroatoms. The van der Waals surface area contributed by atoms with Gasteiger partial charge in [-0.25, -0.2) is 4.39 Å². The summed E-state index contributed by atoms with van der Waals surface area (Å²) >= 11 is 0. The molecule has 2 aromatic rings. The van der Waals surface area contributed by atoms with Crippen LogP contribution in [0.5, 0.6) is 0 Å². The van der Waals surface area contributed by atoms with Crippen LogP contribution in [0.4, 0.5) is 4.39 Å². The molecule has 0 aliphatic carbocycles. The Hall–Kier alpha value is -1.61. The molecule has 1 heterocycles. The minimum Gasteiger partial charge on any atom is -0.346 e. The monoisotopic (exact) mass is 260 g/mol. The molecular weight excluding hydrogens is 239 g/mol. The van der Waals surface area contributed by atoms with E-state index in [4.69, 9.17) is 0 Å². The second-order valence-corrected chi connectivity index (χ2v) is 4.88. The van der Waals surface area contributed by atoms with Crippen molar-refractivity contribution < 1.29 is 4.39 Å². The van der Waals surface area contributed by atoms with Crippen LogP contribution in [0, 0.1) is 12.7 Å². The van der Waals surface area contributed by atoms with Crippen LogP contribution in [0.2, 0.25) is 0 Å². The van der Waals surface area contributed by atoms with Gasteiger partial charge in [-0.2, -0.15) is 0 Å². The summed E-state index contributed by atoms with van der Waals surface area (Å²) in [7, 11) is 0. The van der Waals surface area contributed by atoms with Crippen molar-refractivity contribution >= 4 is 0 Å². The lowest BCUT2D eigenvalue weighted by Gasteiger charge is -2.12. The van der Waals surface area contributed by atoms with Crippen molar-refractivity contribution in [1.82, 2.24) is 9.88 Å². The van der Waals surface area contributed by atoms with E-state index in [1.165, 1.54) is 11.8 Å². The summed E-state index contributed by atoms with van der Waals surface area (Å²) in [6, 6.07) is 9.17. The second kappa shape index (κ2) is 6.53. The third kappa shape index (κ3) is 3.67. The van der Waals surface area contributed by atoms with E-state index in [1.54, 1.807) is 6.07 Å². The van der Waals surface area contributed by atoms with Crippen LogP contribution in [0.1, 0.15) is 30.2 Å². The average Bonchev–Trinajstić information content (AvgIpc) is 2.81. The number of halogens is 1. The predicted octanol–water partition coefficient (Wildman–Crippen LogP) is 3.48. The lowest BCUT2D eigenvalue weighted by Crippen LogP contribution is -2.17. The molecule has 0 aliphatic rings. The lowest BCUT2D eigenvalue weighted by molar-refractivity contribution is 0.619. The van der Waals surface area contributed by atoms with Crippen molar-refractivity contribution in [1.29, 1.82) is 0 Å². The maximum absolute atomic E-state index is 13.1. The van der Waals surface area contributed by atoms with Crippen molar-refractivity contribution in [2.45, 2.75) is 33.4 Å². The van der Waals surface area contributed by atoms with Crippen LogP contribution in [0.25, 0.3) is 0 Å². The zero-order chi connectivity index (χ0) is 13.7. The highest BCUT2D eigenvalue weighted by Gasteiger charge is 2.04. The molecule has 2 rings (SSSR count). The standard InChI is InChI=1S/C16H21FN2/c1-3-8-18-11-16-5-4-9-19(16)12-14-6-7-15(17)10-13(14)2/h4-7,9-10,18H,3,8,11-12H2,1-2H3. The first-order valence-electron chi connectivity index (χ1n) is 6.80. The zero-order valence-electron chi connectivity index (χ0n) is 11.6. The van der Waals surface area contributed by atoms with Crippen molar-refractivity contribution in [3.63, 3.8) is 0 Å². The molecule has 0 saturated heterocycles. The number of hydrogen-bond donors (Lipinski definition) is 1. The van der Waals surface area contributed by atoms with Gasteiger partial charge < -0.3 is 9.88 Å². The Labute approximate surface area is 114 Å². The molecule has 0 bridgehead atoms. The fourth-order valence-corrected chi connectivity index (χ4v) is 2.18. The number of benzene rings is 1. The molecule has 1 aromatic carbocycles. The molecule has 1 aromatic heterocycles. The molecule has 19 heavy (non-hydrogen) atoms. The van der Waals surface area contributed by atoms with E-state index in [1.807, 2.05) is 13.0 Å². The van der Waals surface area contributed by atoms with E-state index < -0.39 is 0 Å². The number of nitrogens with zero attached hydrogens (tertiary/aromatic N) is 1. The largest absolute Gasteiger partial charge is 0.346 e. The Bertz CT molecular complexity index is 531. The molecule has 102 valence electrons. The van der Waals surface area contributed by atoms with Crippen LogP contribution in [0.15, 0.2) is 36.5 Å². The normalized spacial score (nSPS) is 10.9. The number of nitrogens with one attached hydrogen (secondary N) is 1. The van der Waals surface area contributed by atoms with E-state index in [0.29, 0.717) is 0 Å². The predicted molar refractivity (Wildman–Crippen MR) is 76.7 cm³/mol. The highest BCUT2D eigenvalue weighted by atomic mass is 19.1. The first kappa shape index (κ1) is 13.8. The van der Waals surface area contributed by atoms with Gasteiger partial charge in [0.15, 0.2) is 0 Å². The zero-order valence-corrected chi connectivity index (χ0v) is 11.6. The minimum atomic E-state index is -0.168.